The van der Waals surface area contributed by atoms with Gasteiger partial charge in [0.15, 0.2) is 5.82 Å². The topological polar surface area (TPSA) is 113 Å². The lowest BCUT2D eigenvalue weighted by atomic mass is 9.93. The van der Waals surface area contributed by atoms with Crippen molar-refractivity contribution < 1.29 is 9.59 Å². The monoisotopic (exact) mass is 402 g/mol. The fourth-order valence-corrected chi connectivity index (χ4v) is 4.13. The molecule has 0 saturated carbocycles. The van der Waals surface area contributed by atoms with E-state index in [-0.39, 0.29) is 18.2 Å². The molecule has 3 N–H and O–H groups in total. The maximum atomic E-state index is 12.5. The molecule has 0 spiro atoms. The van der Waals surface area contributed by atoms with Crippen LogP contribution in [0.4, 0.5) is 10.7 Å². The van der Waals surface area contributed by atoms with E-state index in [1.807, 2.05) is 0 Å². The predicted molar refractivity (Wildman–Crippen MR) is 103 cm³/mol. The van der Waals surface area contributed by atoms with Crippen molar-refractivity contribution in [2.45, 2.75) is 19.8 Å². The number of nitrogens with one attached hydrogen (secondary N) is 3. The molecule has 8 nitrogen and oxygen atoms in total. The highest BCUT2D eigenvalue weighted by Gasteiger charge is 2.29. The number of hydrogen-bond donors (Lipinski definition) is 3. The maximum Gasteiger partial charge on any atom is 0.228 e. The third kappa shape index (κ3) is 3.56. The molecule has 10 heteroatoms. The van der Waals surface area contributed by atoms with Gasteiger partial charge in [0.05, 0.1) is 27.9 Å². The predicted octanol–water partition coefficient (Wildman–Crippen LogP) is 3.03. The Bertz CT molecular complexity index is 1030. The van der Waals surface area contributed by atoms with E-state index >= 15 is 0 Å². The largest absolute Gasteiger partial charge is 0.324 e. The number of hydrogen-bond acceptors (Lipinski definition) is 6. The van der Waals surface area contributed by atoms with Gasteiger partial charge < -0.3 is 10.6 Å². The zero-order valence-corrected chi connectivity index (χ0v) is 15.8. The lowest BCUT2D eigenvalue weighted by Gasteiger charge is -2.23. The number of halogens is 1. The Balaban J connectivity index is 1.49. The second-order valence-electron chi connectivity index (χ2n) is 6.17. The summed E-state index contributed by atoms with van der Waals surface area (Å²) < 4.78 is 0. The van der Waals surface area contributed by atoms with Crippen LogP contribution in [0.3, 0.4) is 0 Å². The summed E-state index contributed by atoms with van der Waals surface area (Å²) in [5.41, 5.74) is 2.05. The van der Waals surface area contributed by atoms with Gasteiger partial charge in [0.2, 0.25) is 11.8 Å². The molecule has 3 aromatic heterocycles. The van der Waals surface area contributed by atoms with Crippen LogP contribution in [-0.2, 0) is 16.0 Å². The number of carbonyl (C=O) groups excluding carboxylic acids is 2. The van der Waals surface area contributed by atoms with E-state index < -0.39 is 5.92 Å². The number of amides is 2. The van der Waals surface area contributed by atoms with Gasteiger partial charge in [-0.05, 0) is 19.1 Å². The third-order valence-electron chi connectivity index (χ3n) is 4.21. The number of aryl methyl sites for hydroxylation is 1. The van der Waals surface area contributed by atoms with Crippen molar-refractivity contribution >= 4 is 45.4 Å². The van der Waals surface area contributed by atoms with E-state index in [0.717, 1.165) is 5.69 Å². The van der Waals surface area contributed by atoms with Crippen LogP contribution in [-0.4, -0.2) is 32.0 Å². The summed E-state index contributed by atoms with van der Waals surface area (Å²) in [5, 5.41) is 15.2. The van der Waals surface area contributed by atoms with Gasteiger partial charge in [0.1, 0.15) is 10.8 Å². The van der Waals surface area contributed by atoms with Crippen LogP contribution in [0.5, 0.6) is 0 Å². The number of anilines is 2. The highest BCUT2D eigenvalue weighted by atomic mass is 35.5. The zero-order valence-electron chi connectivity index (χ0n) is 14.2. The van der Waals surface area contributed by atoms with Crippen LogP contribution in [0.25, 0.3) is 11.4 Å². The van der Waals surface area contributed by atoms with Crippen LogP contribution in [0, 0.1) is 12.8 Å². The summed E-state index contributed by atoms with van der Waals surface area (Å²) >= 11 is 7.53. The molecule has 1 aliphatic rings. The van der Waals surface area contributed by atoms with Crippen LogP contribution in [0.2, 0.25) is 5.02 Å². The Morgan fingerprint density at radius 1 is 1.48 bits per heavy atom. The van der Waals surface area contributed by atoms with Crippen LogP contribution < -0.4 is 10.6 Å². The minimum Gasteiger partial charge on any atom is -0.324 e. The number of pyridine rings is 1. The number of fused-ring (bicyclic) bond motifs is 1. The molecule has 3 aromatic rings. The van der Waals surface area contributed by atoms with Gasteiger partial charge in [-0.25, -0.2) is 4.98 Å². The van der Waals surface area contributed by atoms with Gasteiger partial charge in [-0.15, -0.1) is 11.3 Å². The van der Waals surface area contributed by atoms with Crippen molar-refractivity contribution in [2.24, 2.45) is 5.92 Å². The number of aromatic nitrogens is 4. The smallest absolute Gasteiger partial charge is 0.228 e. The van der Waals surface area contributed by atoms with Gasteiger partial charge >= 0.3 is 0 Å². The van der Waals surface area contributed by atoms with E-state index in [0.29, 0.717) is 39.3 Å². The molecule has 0 fully saturated rings. The molecule has 1 aliphatic heterocycles. The van der Waals surface area contributed by atoms with Gasteiger partial charge in [0.25, 0.3) is 0 Å². The first kappa shape index (κ1) is 17.6. The SMILES string of the molecule is Cc1nc(-c2c(Cl)csc2NC(=O)CC2Cc3ncccc3NC2=O)n[nH]1. The zero-order chi connectivity index (χ0) is 19.0. The molecule has 2 amide bonds. The summed E-state index contributed by atoms with van der Waals surface area (Å²) in [6.45, 7) is 1.78. The molecule has 1 atom stereocenters. The van der Waals surface area contributed by atoms with E-state index in [1.54, 1.807) is 30.6 Å². The summed E-state index contributed by atoms with van der Waals surface area (Å²) in [4.78, 5) is 33.4. The van der Waals surface area contributed by atoms with Gasteiger partial charge in [0, 0.05) is 24.4 Å². The number of H-pyrrole nitrogens is 1. The number of thiophene rings is 1. The molecule has 0 bridgehead atoms. The molecule has 4 heterocycles. The molecular weight excluding hydrogens is 388 g/mol. The molecule has 1 unspecified atom stereocenters. The maximum absolute atomic E-state index is 12.5. The standard InChI is InChI=1S/C17H15ClN6O2S/c1-8-20-15(24-23-8)14-10(18)7-27-17(14)22-13(25)6-9-5-12-11(21-16(9)26)3-2-4-19-12/h2-4,7,9H,5-6H2,1H3,(H,21,26)(H,22,25)(H,20,23,24). The van der Waals surface area contributed by atoms with Crippen LogP contribution in [0.15, 0.2) is 23.7 Å². The van der Waals surface area contributed by atoms with E-state index in [4.69, 9.17) is 11.6 Å². The second kappa shape index (κ2) is 7.09. The summed E-state index contributed by atoms with van der Waals surface area (Å²) in [7, 11) is 0. The second-order valence-corrected chi connectivity index (χ2v) is 7.46. The van der Waals surface area contributed by atoms with E-state index in [1.165, 1.54) is 11.3 Å². The fourth-order valence-electron chi connectivity index (χ4n) is 2.93. The number of aromatic amines is 1. The highest BCUT2D eigenvalue weighted by Crippen LogP contribution is 2.39. The third-order valence-corrected chi connectivity index (χ3v) is 5.53. The Morgan fingerprint density at radius 2 is 2.33 bits per heavy atom. The molecule has 0 aromatic carbocycles. The van der Waals surface area contributed by atoms with Crippen molar-refractivity contribution in [3.05, 3.63) is 40.3 Å². The number of nitrogens with zero attached hydrogens (tertiary/aromatic N) is 3. The van der Waals surface area contributed by atoms with Gasteiger partial charge in [-0.1, -0.05) is 11.6 Å². The van der Waals surface area contributed by atoms with Crippen LogP contribution >= 0.6 is 22.9 Å². The number of carbonyl (C=O) groups is 2. The molecule has 0 radical (unpaired) electrons. The van der Waals surface area contributed by atoms with Gasteiger partial charge in [-0.2, -0.15) is 5.10 Å². The van der Waals surface area contributed by atoms with Crippen molar-refractivity contribution in [3.63, 3.8) is 0 Å². The summed E-state index contributed by atoms with van der Waals surface area (Å²) in [6, 6.07) is 3.56. The minimum atomic E-state index is -0.475. The molecule has 4 rings (SSSR count). The molecule has 27 heavy (non-hydrogen) atoms. The Labute approximate surface area is 163 Å². The Morgan fingerprint density at radius 3 is 3.11 bits per heavy atom. The fraction of sp³-hybridized carbons (Fsp3) is 0.235. The van der Waals surface area contributed by atoms with Crippen molar-refractivity contribution in [3.8, 4) is 11.4 Å². The average Bonchev–Trinajstić information content (AvgIpc) is 3.21. The summed E-state index contributed by atoms with van der Waals surface area (Å²) in [5.74, 6) is 0.135. The lowest BCUT2D eigenvalue weighted by Crippen LogP contribution is -2.33. The van der Waals surface area contributed by atoms with E-state index in [9.17, 15) is 9.59 Å². The highest BCUT2D eigenvalue weighted by molar-refractivity contribution is 7.15. The quantitative estimate of drug-likeness (QED) is 0.620. The first-order chi connectivity index (χ1) is 13.0. The molecular formula is C17H15ClN6O2S. The van der Waals surface area contributed by atoms with Crippen molar-refractivity contribution in [2.75, 3.05) is 10.6 Å². The first-order valence-corrected chi connectivity index (χ1v) is 9.48. The average molecular weight is 403 g/mol. The Hall–Kier alpha value is -2.78. The van der Waals surface area contributed by atoms with Crippen LogP contribution in [0.1, 0.15) is 17.9 Å². The van der Waals surface area contributed by atoms with Crippen molar-refractivity contribution in [1.29, 1.82) is 0 Å². The molecule has 0 saturated heterocycles. The minimum absolute atomic E-state index is 0.0455. The van der Waals surface area contributed by atoms with Crippen molar-refractivity contribution in [1.82, 2.24) is 20.2 Å². The number of rotatable bonds is 4. The van der Waals surface area contributed by atoms with Gasteiger partial charge in [-0.3, -0.25) is 19.7 Å². The molecule has 138 valence electrons. The summed E-state index contributed by atoms with van der Waals surface area (Å²) in [6.07, 6.45) is 2.14. The van der Waals surface area contributed by atoms with E-state index in [2.05, 4.69) is 30.8 Å². The Kier molecular flexibility index (Phi) is 4.63. The first-order valence-electron chi connectivity index (χ1n) is 8.22. The lowest BCUT2D eigenvalue weighted by molar-refractivity contribution is -0.125. The normalized spacial score (nSPS) is 15.9. The molecule has 0 aliphatic carbocycles.